The molecule has 1 N–H and O–H groups in total. The molecule has 2 heterocycles. The van der Waals surface area contributed by atoms with E-state index in [9.17, 15) is 0 Å². The molecule has 1 atom stereocenters. The van der Waals surface area contributed by atoms with Crippen LogP contribution < -0.4 is 27.1 Å². The minimum atomic E-state index is 0. The lowest BCUT2D eigenvalue weighted by atomic mass is 10.1. The van der Waals surface area contributed by atoms with Gasteiger partial charge >= 0.3 is 0 Å². The van der Waals surface area contributed by atoms with E-state index in [1.54, 1.807) is 11.8 Å². The Balaban J connectivity index is 0.00000169. The predicted molar refractivity (Wildman–Crippen MR) is 96.9 cm³/mol. The molecule has 0 amide bonds. The first-order chi connectivity index (χ1) is 11.3. The summed E-state index contributed by atoms with van der Waals surface area (Å²) in [6, 6.07) is 20.7. The molecule has 0 radical (unpaired) electrons. The summed E-state index contributed by atoms with van der Waals surface area (Å²) in [5.41, 5.74) is 5.34. The molecule has 2 aromatic carbocycles. The van der Waals surface area contributed by atoms with Gasteiger partial charge in [0, 0.05) is 17.9 Å². The summed E-state index contributed by atoms with van der Waals surface area (Å²) < 4.78 is 0.384. The number of aliphatic imine (C=N–C) groups is 1. The van der Waals surface area contributed by atoms with Crippen LogP contribution in [0, 0.1) is 0 Å². The van der Waals surface area contributed by atoms with Crippen molar-refractivity contribution in [2.75, 3.05) is 19.3 Å². The molecule has 0 spiro atoms. The molecule has 5 nitrogen and oxygen atoms in total. The van der Waals surface area contributed by atoms with Gasteiger partial charge in [-0.05, 0) is 29.0 Å². The summed E-state index contributed by atoms with van der Waals surface area (Å²) in [5.74, 6) is 1.95. The maximum Gasteiger partial charge on any atom is 0.292 e. The number of hydrazone groups is 1. The van der Waals surface area contributed by atoms with Gasteiger partial charge in [0.25, 0.3) is 11.0 Å². The van der Waals surface area contributed by atoms with Crippen LogP contribution in [0.2, 0.25) is 0 Å². The largest absolute Gasteiger partial charge is 1.00 e. The van der Waals surface area contributed by atoms with Gasteiger partial charge in [-0.3, -0.25) is 0 Å². The van der Waals surface area contributed by atoms with Crippen LogP contribution in [0.3, 0.4) is 0 Å². The first-order valence-corrected chi connectivity index (χ1v) is 8.58. The van der Waals surface area contributed by atoms with Crippen molar-refractivity contribution in [1.82, 2.24) is 15.2 Å². The SMILES string of the molecule is CN1NN=C(c2ccccc2)[N+]1(C1=NCCS1)c1ccccc1.[Br-]. The molecule has 24 heavy (non-hydrogen) atoms. The number of quaternary nitrogens is 1. The lowest BCUT2D eigenvalue weighted by Crippen LogP contribution is -3.00. The molecular formula is C17H18BrN5S. The van der Waals surface area contributed by atoms with E-state index in [0.29, 0.717) is 4.59 Å². The molecular weight excluding hydrogens is 386 g/mol. The fourth-order valence-electron chi connectivity index (χ4n) is 3.03. The summed E-state index contributed by atoms with van der Waals surface area (Å²) in [6.45, 7) is 0.850. The Morgan fingerprint density at radius 1 is 1.04 bits per heavy atom. The van der Waals surface area contributed by atoms with Gasteiger partial charge in [0.15, 0.2) is 5.69 Å². The quantitative estimate of drug-likeness (QED) is 0.707. The molecule has 2 aliphatic rings. The number of nitrogens with zero attached hydrogens (tertiary/aromatic N) is 4. The summed E-state index contributed by atoms with van der Waals surface area (Å²) >= 11 is 1.80. The van der Waals surface area contributed by atoms with E-state index in [-0.39, 0.29) is 17.0 Å². The van der Waals surface area contributed by atoms with Crippen LogP contribution in [-0.2, 0) is 0 Å². The number of hydrogen-bond donors (Lipinski definition) is 1. The van der Waals surface area contributed by atoms with E-state index < -0.39 is 0 Å². The number of nitrogens with one attached hydrogen (secondary N) is 1. The highest BCUT2D eigenvalue weighted by Crippen LogP contribution is 2.36. The number of benzene rings is 2. The molecule has 0 aromatic heterocycles. The van der Waals surface area contributed by atoms with Crippen LogP contribution in [0.25, 0.3) is 0 Å². The zero-order valence-corrected chi connectivity index (χ0v) is 15.7. The molecule has 1 unspecified atom stereocenters. The average Bonchev–Trinajstić information content (AvgIpc) is 3.25. The Hall–Kier alpha value is -1.67. The first kappa shape index (κ1) is 17.2. The molecule has 0 saturated carbocycles. The average molecular weight is 404 g/mol. The van der Waals surface area contributed by atoms with Crippen molar-refractivity contribution in [2.24, 2.45) is 10.1 Å². The predicted octanol–water partition coefficient (Wildman–Crippen LogP) is -0.172. The van der Waals surface area contributed by atoms with E-state index in [1.165, 1.54) is 0 Å². The Morgan fingerprint density at radius 3 is 2.33 bits per heavy atom. The summed E-state index contributed by atoms with van der Waals surface area (Å²) in [7, 11) is 2.01. The number of thioether (sulfide) groups is 1. The van der Waals surface area contributed by atoms with Gasteiger partial charge in [-0.15, -0.1) is 5.10 Å². The molecule has 124 valence electrons. The molecule has 0 bridgehead atoms. The molecule has 2 aromatic rings. The van der Waals surface area contributed by atoms with Gasteiger partial charge < -0.3 is 17.0 Å². The van der Waals surface area contributed by atoms with Crippen LogP contribution in [0.4, 0.5) is 5.69 Å². The minimum Gasteiger partial charge on any atom is -1.00 e. The number of hydrazine groups is 1. The number of hydrogen-bond acceptors (Lipinski definition) is 5. The third-order valence-electron chi connectivity index (χ3n) is 4.07. The summed E-state index contributed by atoms with van der Waals surface area (Å²) in [6.07, 6.45) is 0. The minimum absolute atomic E-state index is 0. The topological polar surface area (TPSA) is 40.0 Å². The molecule has 7 heteroatoms. The second kappa shape index (κ2) is 7.06. The summed E-state index contributed by atoms with van der Waals surface area (Å²) in [5, 5.41) is 7.69. The van der Waals surface area contributed by atoms with E-state index in [0.717, 1.165) is 34.6 Å². The van der Waals surface area contributed by atoms with Gasteiger partial charge in [-0.1, -0.05) is 41.0 Å². The van der Waals surface area contributed by atoms with Crippen molar-refractivity contribution in [1.29, 1.82) is 0 Å². The number of halogens is 1. The number of amidine groups is 2. The third kappa shape index (κ3) is 2.57. The zero-order chi connectivity index (χ0) is 15.7. The lowest BCUT2D eigenvalue weighted by Gasteiger charge is -2.35. The fraction of sp³-hybridized carbons (Fsp3) is 0.176. The normalized spacial score (nSPS) is 23.2. The van der Waals surface area contributed by atoms with Gasteiger partial charge in [0.1, 0.15) is 0 Å². The Morgan fingerprint density at radius 2 is 1.71 bits per heavy atom. The second-order valence-electron chi connectivity index (χ2n) is 5.41. The van der Waals surface area contributed by atoms with Crippen molar-refractivity contribution in [3.05, 3.63) is 66.2 Å². The van der Waals surface area contributed by atoms with E-state index >= 15 is 0 Å². The van der Waals surface area contributed by atoms with Crippen molar-refractivity contribution < 1.29 is 17.0 Å². The van der Waals surface area contributed by atoms with Crippen molar-refractivity contribution in [3.8, 4) is 0 Å². The van der Waals surface area contributed by atoms with Crippen LogP contribution in [0.1, 0.15) is 5.56 Å². The lowest BCUT2D eigenvalue weighted by molar-refractivity contribution is -0.00000463. The second-order valence-corrected chi connectivity index (χ2v) is 6.47. The van der Waals surface area contributed by atoms with Crippen LogP contribution >= 0.6 is 11.8 Å². The van der Waals surface area contributed by atoms with Crippen molar-refractivity contribution >= 4 is 28.5 Å². The Kier molecular flexibility index (Phi) is 5.05. The fourth-order valence-corrected chi connectivity index (χ4v) is 4.08. The van der Waals surface area contributed by atoms with E-state index in [1.807, 2.05) is 36.4 Å². The summed E-state index contributed by atoms with van der Waals surface area (Å²) in [4.78, 5) is 4.78. The zero-order valence-electron chi connectivity index (χ0n) is 13.3. The van der Waals surface area contributed by atoms with Crippen molar-refractivity contribution in [2.45, 2.75) is 0 Å². The molecule has 0 fully saturated rings. The highest BCUT2D eigenvalue weighted by atomic mass is 79.9. The van der Waals surface area contributed by atoms with Crippen LogP contribution in [-0.4, -0.2) is 35.5 Å². The monoisotopic (exact) mass is 403 g/mol. The Labute approximate surface area is 156 Å². The standard InChI is InChI=1S/C17H18N5S.BrH/c1-21-20-19-16(14-8-4-2-5-9-14)22(21,17-18-12-13-23-17)15-10-6-3-7-11-15;/h2-11,20H,12-13H2,1H3;1H/q+1;/p-1. The van der Waals surface area contributed by atoms with E-state index in [4.69, 9.17) is 4.99 Å². The van der Waals surface area contributed by atoms with Gasteiger partial charge in [0.2, 0.25) is 0 Å². The highest BCUT2D eigenvalue weighted by molar-refractivity contribution is 8.14. The van der Waals surface area contributed by atoms with Gasteiger partial charge in [-0.2, -0.15) is 5.53 Å². The number of para-hydroxylation sites is 1. The number of rotatable bonds is 2. The smallest absolute Gasteiger partial charge is 0.292 e. The van der Waals surface area contributed by atoms with Crippen molar-refractivity contribution in [3.63, 3.8) is 0 Å². The molecule has 0 saturated heterocycles. The van der Waals surface area contributed by atoms with Gasteiger partial charge in [0.05, 0.1) is 19.2 Å². The maximum atomic E-state index is 4.78. The highest BCUT2D eigenvalue weighted by Gasteiger charge is 2.53. The van der Waals surface area contributed by atoms with Gasteiger partial charge in [-0.25, -0.2) is 4.99 Å². The molecule has 4 rings (SSSR count). The Bertz CT molecular complexity index is 765. The van der Waals surface area contributed by atoms with E-state index in [2.05, 4.69) is 47.0 Å². The van der Waals surface area contributed by atoms with Crippen LogP contribution in [0.5, 0.6) is 0 Å². The molecule has 0 aliphatic carbocycles. The first-order valence-electron chi connectivity index (χ1n) is 7.59. The molecule has 2 aliphatic heterocycles. The van der Waals surface area contributed by atoms with Crippen LogP contribution in [0.15, 0.2) is 70.8 Å². The third-order valence-corrected chi connectivity index (χ3v) is 5.10. The maximum absolute atomic E-state index is 4.78.